The van der Waals surface area contributed by atoms with E-state index in [0.29, 0.717) is 5.88 Å². The number of benzene rings is 1. The zero-order valence-corrected chi connectivity index (χ0v) is 21.8. The second kappa shape index (κ2) is 9.19. The summed E-state index contributed by atoms with van der Waals surface area (Å²) in [6.07, 6.45) is 5.36. The lowest BCUT2D eigenvalue weighted by Crippen LogP contribution is -2.42. The number of methoxy groups -OCH3 is 1. The third-order valence-electron chi connectivity index (χ3n) is 7.40. The number of imidazole rings is 1. The third kappa shape index (κ3) is 4.31. The molecule has 2 N–H and O–H groups in total. The normalized spacial score (nSPS) is 15.3. The van der Waals surface area contributed by atoms with Crippen molar-refractivity contribution in [3.63, 3.8) is 0 Å². The van der Waals surface area contributed by atoms with Crippen LogP contribution >= 0.6 is 11.6 Å². The summed E-state index contributed by atoms with van der Waals surface area (Å²) >= 11 is 6.08. The molecular formula is C28H28ClN7O. The van der Waals surface area contributed by atoms with Gasteiger partial charge >= 0.3 is 0 Å². The molecule has 1 fully saturated rings. The summed E-state index contributed by atoms with van der Waals surface area (Å²) in [6, 6.07) is 13.8. The topological polar surface area (TPSA) is 95.6 Å². The smallest absolute Gasteiger partial charge is 0.212 e. The minimum atomic E-state index is -0.0455. The first-order valence-corrected chi connectivity index (χ1v) is 12.7. The van der Waals surface area contributed by atoms with Crippen LogP contribution in [-0.2, 0) is 5.41 Å². The van der Waals surface area contributed by atoms with Crippen molar-refractivity contribution in [1.29, 1.82) is 0 Å². The van der Waals surface area contributed by atoms with Gasteiger partial charge in [0.25, 0.3) is 0 Å². The van der Waals surface area contributed by atoms with E-state index in [1.165, 1.54) is 0 Å². The fourth-order valence-corrected chi connectivity index (χ4v) is 5.20. The molecular weight excluding hydrogens is 486 g/mol. The van der Waals surface area contributed by atoms with E-state index in [-0.39, 0.29) is 5.41 Å². The van der Waals surface area contributed by atoms with E-state index in [2.05, 4.69) is 49.7 Å². The van der Waals surface area contributed by atoms with Crippen molar-refractivity contribution >= 4 is 28.5 Å². The molecule has 5 aromatic rings. The summed E-state index contributed by atoms with van der Waals surface area (Å²) < 4.78 is 5.18. The standard InChI is InChI=1S/C28H28ClN7O/c1-17-24(18-4-7-20(29)8-5-18)35-27(33-17)28(2)10-12-36(13-11-28)26-21-14-22(34-25(21)31-16-32-26)19-6-9-23(37-3)30-15-19/h4-9,14-16H,10-13H2,1-3H3,(H,33,35)(H,31,32,34). The van der Waals surface area contributed by atoms with E-state index in [4.69, 9.17) is 21.3 Å². The van der Waals surface area contributed by atoms with Gasteiger partial charge in [0.05, 0.1) is 18.2 Å². The van der Waals surface area contributed by atoms with E-state index in [9.17, 15) is 0 Å². The molecule has 0 saturated carbocycles. The number of nitrogens with zero attached hydrogens (tertiary/aromatic N) is 5. The zero-order valence-electron chi connectivity index (χ0n) is 21.0. The number of H-pyrrole nitrogens is 2. The highest BCUT2D eigenvalue weighted by molar-refractivity contribution is 6.30. The number of ether oxygens (including phenoxy) is 1. The van der Waals surface area contributed by atoms with Gasteiger partial charge in [-0.3, -0.25) is 0 Å². The van der Waals surface area contributed by atoms with Crippen molar-refractivity contribution in [2.24, 2.45) is 0 Å². The minimum absolute atomic E-state index is 0.0455. The number of hydrogen-bond acceptors (Lipinski definition) is 6. The van der Waals surface area contributed by atoms with Gasteiger partial charge in [-0.05, 0) is 44.0 Å². The number of rotatable bonds is 5. The molecule has 0 spiro atoms. The Balaban J connectivity index is 1.23. The van der Waals surface area contributed by atoms with Crippen LogP contribution in [0.5, 0.6) is 5.88 Å². The molecule has 0 aliphatic carbocycles. The SMILES string of the molecule is COc1ccc(-c2cc3c(N4CCC(C)(c5nc(-c6ccc(Cl)cc6)c(C)[nH]5)CC4)ncnc3[nH]2)cn1. The molecule has 0 bridgehead atoms. The summed E-state index contributed by atoms with van der Waals surface area (Å²) in [7, 11) is 1.61. The molecule has 37 heavy (non-hydrogen) atoms. The van der Waals surface area contributed by atoms with E-state index in [0.717, 1.165) is 81.8 Å². The second-order valence-corrected chi connectivity index (χ2v) is 10.3. The Bertz CT molecular complexity index is 1550. The van der Waals surface area contributed by atoms with Gasteiger partial charge in [0.2, 0.25) is 5.88 Å². The van der Waals surface area contributed by atoms with Gasteiger partial charge in [0, 0.05) is 58.3 Å². The quantitative estimate of drug-likeness (QED) is 0.302. The van der Waals surface area contributed by atoms with Crippen molar-refractivity contribution in [3.05, 3.63) is 71.5 Å². The first kappa shape index (κ1) is 23.5. The number of piperidine rings is 1. The van der Waals surface area contributed by atoms with E-state index in [1.54, 1.807) is 19.6 Å². The van der Waals surface area contributed by atoms with Gasteiger partial charge in [-0.2, -0.15) is 0 Å². The summed E-state index contributed by atoms with van der Waals surface area (Å²) in [5, 5.41) is 1.74. The summed E-state index contributed by atoms with van der Waals surface area (Å²) in [4.78, 5) is 27.9. The van der Waals surface area contributed by atoms with Crippen molar-refractivity contribution in [1.82, 2.24) is 29.9 Å². The Morgan fingerprint density at radius 3 is 2.43 bits per heavy atom. The number of aromatic nitrogens is 6. The molecule has 4 aromatic heterocycles. The molecule has 188 valence electrons. The van der Waals surface area contributed by atoms with E-state index in [1.807, 2.05) is 36.4 Å². The van der Waals surface area contributed by atoms with Crippen LogP contribution in [0.2, 0.25) is 5.02 Å². The molecule has 6 rings (SSSR count). The Kier molecular flexibility index (Phi) is 5.83. The lowest BCUT2D eigenvalue weighted by atomic mass is 9.79. The van der Waals surface area contributed by atoms with Crippen LogP contribution in [0, 0.1) is 6.92 Å². The molecule has 8 nitrogen and oxygen atoms in total. The predicted molar refractivity (Wildman–Crippen MR) is 146 cm³/mol. The number of halogens is 1. The largest absolute Gasteiger partial charge is 0.481 e. The Morgan fingerprint density at radius 2 is 1.73 bits per heavy atom. The van der Waals surface area contributed by atoms with Crippen molar-refractivity contribution < 1.29 is 4.74 Å². The number of pyridine rings is 1. The molecule has 1 aliphatic heterocycles. The highest BCUT2D eigenvalue weighted by atomic mass is 35.5. The molecule has 0 radical (unpaired) electrons. The third-order valence-corrected chi connectivity index (χ3v) is 7.65. The Hall–Kier alpha value is -3.91. The molecule has 9 heteroatoms. The Labute approximate surface area is 220 Å². The van der Waals surface area contributed by atoms with Crippen LogP contribution in [0.4, 0.5) is 5.82 Å². The molecule has 0 amide bonds. The van der Waals surface area contributed by atoms with Gasteiger partial charge in [-0.1, -0.05) is 30.7 Å². The average Bonchev–Trinajstić information content (AvgIpc) is 3.54. The number of nitrogens with one attached hydrogen (secondary N) is 2. The number of aryl methyl sites for hydroxylation is 1. The molecule has 1 aliphatic rings. The lowest BCUT2D eigenvalue weighted by Gasteiger charge is -2.38. The summed E-state index contributed by atoms with van der Waals surface area (Å²) in [5.41, 5.74) is 5.83. The highest BCUT2D eigenvalue weighted by Crippen LogP contribution is 2.38. The summed E-state index contributed by atoms with van der Waals surface area (Å²) in [6.45, 7) is 6.14. The van der Waals surface area contributed by atoms with Gasteiger partial charge in [0.1, 0.15) is 23.6 Å². The van der Waals surface area contributed by atoms with Crippen LogP contribution < -0.4 is 9.64 Å². The van der Waals surface area contributed by atoms with Crippen molar-refractivity contribution in [3.8, 4) is 28.4 Å². The van der Waals surface area contributed by atoms with E-state index >= 15 is 0 Å². The van der Waals surface area contributed by atoms with Crippen LogP contribution in [-0.4, -0.2) is 50.1 Å². The number of aromatic amines is 2. The second-order valence-electron chi connectivity index (χ2n) is 9.85. The highest BCUT2D eigenvalue weighted by Gasteiger charge is 2.36. The molecule has 1 aromatic carbocycles. The fourth-order valence-electron chi connectivity index (χ4n) is 5.08. The maximum atomic E-state index is 6.08. The van der Waals surface area contributed by atoms with Crippen LogP contribution in [0.3, 0.4) is 0 Å². The fraction of sp³-hybridized carbons (Fsp3) is 0.286. The van der Waals surface area contributed by atoms with Gasteiger partial charge in [-0.15, -0.1) is 0 Å². The minimum Gasteiger partial charge on any atom is -0.481 e. The van der Waals surface area contributed by atoms with E-state index < -0.39 is 0 Å². The average molecular weight is 514 g/mol. The number of fused-ring (bicyclic) bond motifs is 1. The monoisotopic (exact) mass is 513 g/mol. The molecule has 0 atom stereocenters. The first-order chi connectivity index (χ1) is 17.9. The van der Waals surface area contributed by atoms with Crippen molar-refractivity contribution in [2.45, 2.75) is 32.1 Å². The van der Waals surface area contributed by atoms with Crippen LogP contribution in [0.25, 0.3) is 33.5 Å². The van der Waals surface area contributed by atoms with Crippen molar-refractivity contribution in [2.75, 3.05) is 25.1 Å². The summed E-state index contributed by atoms with van der Waals surface area (Å²) in [5.74, 6) is 2.58. The predicted octanol–water partition coefficient (Wildman–Crippen LogP) is 5.94. The zero-order chi connectivity index (χ0) is 25.6. The maximum Gasteiger partial charge on any atom is 0.212 e. The maximum absolute atomic E-state index is 6.08. The van der Waals surface area contributed by atoms with Crippen LogP contribution in [0.1, 0.15) is 31.3 Å². The molecule has 0 unspecified atom stereocenters. The lowest BCUT2D eigenvalue weighted by molar-refractivity contribution is 0.345. The van der Waals surface area contributed by atoms with Crippen LogP contribution in [0.15, 0.2) is 55.0 Å². The molecule has 1 saturated heterocycles. The van der Waals surface area contributed by atoms with Gasteiger partial charge in [0.15, 0.2) is 0 Å². The van der Waals surface area contributed by atoms with Gasteiger partial charge < -0.3 is 19.6 Å². The Morgan fingerprint density at radius 1 is 0.973 bits per heavy atom. The number of anilines is 1. The molecule has 5 heterocycles. The van der Waals surface area contributed by atoms with Gasteiger partial charge in [-0.25, -0.2) is 19.9 Å². The first-order valence-electron chi connectivity index (χ1n) is 12.4. The number of hydrogen-bond donors (Lipinski definition) is 2.